The van der Waals surface area contributed by atoms with Crippen LogP contribution in [0.25, 0.3) is 0 Å². The highest BCUT2D eigenvalue weighted by Crippen LogP contribution is 2.26. The zero-order valence-corrected chi connectivity index (χ0v) is 18.6. The molecule has 2 aromatic rings. The summed E-state index contributed by atoms with van der Waals surface area (Å²) in [6, 6.07) is 9.88. The number of carbonyl (C=O) groups is 1. The van der Waals surface area contributed by atoms with E-state index in [1.165, 1.54) is 25.3 Å². The molecule has 0 aromatic heterocycles. The average Bonchev–Trinajstić information content (AvgIpc) is 2.74. The normalized spacial score (nSPS) is 15.7. The van der Waals surface area contributed by atoms with E-state index in [1.54, 1.807) is 4.90 Å². The molecule has 1 N–H and O–H groups in total. The van der Waals surface area contributed by atoms with Crippen molar-refractivity contribution in [2.45, 2.75) is 31.7 Å². The Morgan fingerprint density at radius 2 is 1.83 bits per heavy atom. The maximum absolute atomic E-state index is 13.1. The molecule has 0 saturated carbocycles. The number of sulfonamides is 1. The summed E-state index contributed by atoms with van der Waals surface area (Å²) in [5, 5.41) is 0. The van der Waals surface area contributed by atoms with Crippen LogP contribution in [-0.4, -0.2) is 52.6 Å². The molecular weight excluding hydrogens is 404 g/mol. The van der Waals surface area contributed by atoms with E-state index in [9.17, 15) is 13.2 Å². The fourth-order valence-electron chi connectivity index (χ4n) is 3.55. The Bertz CT molecular complexity index is 1030. The van der Waals surface area contributed by atoms with E-state index in [2.05, 4.69) is 4.72 Å². The first-order chi connectivity index (χ1) is 14.2. The third kappa shape index (κ3) is 4.83. The number of morpholine rings is 1. The van der Waals surface area contributed by atoms with Crippen molar-refractivity contribution >= 4 is 15.9 Å². The molecule has 1 amide bonds. The van der Waals surface area contributed by atoms with Crippen molar-refractivity contribution < 1.29 is 22.7 Å². The van der Waals surface area contributed by atoms with Gasteiger partial charge in [0.1, 0.15) is 5.75 Å². The number of carbonyl (C=O) groups excluding carboxylic acids is 1. The minimum Gasteiger partial charge on any atom is -0.496 e. The Hall–Kier alpha value is -2.42. The van der Waals surface area contributed by atoms with Crippen molar-refractivity contribution in [3.05, 3.63) is 58.7 Å². The number of ether oxygens (including phenoxy) is 2. The minimum absolute atomic E-state index is 0.0251. The highest BCUT2D eigenvalue weighted by atomic mass is 32.2. The summed E-state index contributed by atoms with van der Waals surface area (Å²) in [5.41, 5.74) is 3.21. The maximum Gasteiger partial charge on any atom is 0.257 e. The molecule has 30 heavy (non-hydrogen) atoms. The first-order valence-corrected chi connectivity index (χ1v) is 11.4. The molecule has 8 heteroatoms. The Morgan fingerprint density at radius 3 is 2.50 bits per heavy atom. The molecule has 0 bridgehead atoms. The van der Waals surface area contributed by atoms with Crippen LogP contribution in [0.2, 0.25) is 0 Å². The first kappa shape index (κ1) is 22.3. The molecule has 162 valence electrons. The van der Waals surface area contributed by atoms with Crippen LogP contribution in [0.1, 0.15) is 40.0 Å². The van der Waals surface area contributed by atoms with Crippen LogP contribution in [0, 0.1) is 13.8 Å². The fraction of sp³-hybridized carbons (Fsp3) is 0.409. The number of rotatable bonds is 6. The van der Waals surface area contributed by atoms with Gasteiger partial charge < -0.3 is 14.4 Å². The second kappa shape index (κ2) is 9.16. The quantitative estimate of drug-likeness (QED) is 0.759. The van der Waals surface area contributed by atoms with Gasteiger partial charge in [0.15, 0.2) is 0 Å². The van der Waals surface area contributed by atoms with Crippen molar-refractivity contribution in [2.24, 2.45) is 0 Å². The third-order valence-corrected chi connectivity index (χ3v) is 6.78. The SMILES string of the molecule is COc1ccc(S(=O)(=O)NC(C)c2cc(C)ccc2C)cc1C(=O)N1CCOCC1. The third-order valence-electron chi connectivity index (χ3n) is 5.24. The number of hydrogen-bond donors (Lipinski definition) is 1. The molecule has 1 heterocycles. The van der Waals surface area contributed by atoms with Crippen molar-refractivity contribution in [2.75, 3.05) is 33.4 Å². The second-order valence-corrected chi connectivity index (χ2v) is 9.18. The lowest BCUT2D eigenvalue weighted by Gasteiger charge is -2.27. The summed E-state index contributed by atoms with van der Waals surface area (Å²) in [7, 11) is -2.39. The number of aryl methyl sites for hydroxylation is 2. The highest BCUT2D eigenvalue weighted by molar-refractivity contribution is 7.89. The summed E-state index contributed by atoms with van der Waals surface area (Å²) in [5.74, 6) is 0.0720. The van der Waals surface area contributed by atoms with Crippen molar-refractivity contribution in [1.82, 2.24) is 9.62 Å². The van der Waals surface area contributed by atoms with E-state index < -0.39 is 16.1 Å². The van der Waals surface area contributed by atoms with Gasteiger partial charge in [-0.25, -0.2) is 13.1 Å². The fourth-order valence-corrected chi connectivity index (χ4v) is 4.80. The van der Waals surface area contributed by atoms with E-state index in [-0.39, 0.29) is 16.4 Å². The summed E-state index contributed by atoms with van der Waals surface area (Å²) in [4.78, 5) is 14.6. The molecule has 1 saturated heterocycles. The largest absolute Gasteiger partial charge is 0.496 e. The van der Waals surface area contributed by atoms with E-state index in [0.717, 1.165) is 16.7 Å². The van der Waals surface area contributed by atoms with Crippen LogP contribution >= 0.6 is 0 Å². The number of nitrogens with one attached hydrogen (secondary N) is 1. The van der Waals surface area contributed by atoms with E-state index in [0.29, 0.717) is 32.1 Å². The Morgan fingerprint density at radius 1 is 1.13 bits per heavy atom. The first-order valence-electron chi connectivity index (χ1n) is 9.87. The molecule has 1 aliphatic heterocycles. The molecular formula is C22H28N2O5S. The molecule has 1 fully saturated rings. The summed E-state index contributed by atoms with van der Waals surface area (Å²) < 4.78 is 39.5. The standard InChI is InChI=1S/C22H28N2O5S/c1-15-5-6-16(2)19(13-15)17(3)23-30(26,27)18-7-8-21(28-4)20(14-18)22(25)24-9-11-29-12-10-24/h5-8,13-14,17,23H,9-12H2,1-4H3. The highest BCUT2D eigenvalue weighted by Gasteiger charge is 2.26. The summed E-state index contributed by atoms with van der Waals surface area (Å²) in [6.07, 6.45) is 0. The minimum atomic E-state index is -3.85. The van der Waals surface area contributed by atoms with Crippen LogP contribution in [-0.2, 0) is 14.8 Å². The van der Waals surface area contributed by atoms with Crippen LogP contribution in [0.5, 0.6) is 5.75 Å². The second-order valence-electron chi connectivity index (χ2n) is 7.47. The van der Waals surface area contributed by atoms with Gasteiger partial charge in [-0.1, -0.05) is 23.8 Å². The van der Waals surface area contributed by atoms with Gasteiger partial charge in [-0.05, 0) is 50.1 Å². The number of hydrogen-bond acceptors (Lipinski definition) is 5. The van der Waals surface area contributed by atoms with Gasteiger partial charge in [-0.15, -0.1) is 0 Å². The van der Waals surface area contributed by atoms with E-state index >= 15 is 0 Å². The van der Waals surface area contributed by atoms with Gasteiger partial charge in [0, 0.05) is 19.1 Å². The van der Waals surface area contributed by atoms with Crippen molar-refractivity contribution in [1.29, 1.82) is 0 Å². The van der Waals surface area contributed by atoms with Gasteiger partial charge in [0.05, 0.1) is 30.8 Å². The van der Waals surface area contributed by atoms with Crippen molar-refractivity contribution in [3.8, 4) is 5.75 Å². The smallest absolute Gasteiger partial charge is 0.257 e. The number of benzene rings is 2. The van der Waals surface area contributed by atoms with Gasteiger partial charge in [0.25, 0.3) is 5.91 Å². The van der Waals surface area contributed by atoms with Gasteiger partial charge >= 0.3 is 0 Å². The van der Waals surface area contributed by atoms with Crippen LogP contribution in [0.4, 0.5) is 0 Å². The number of amides is 1. The lowest BCUT2D eigenvalue weighted by molar-refractivity contribution is 0.0300. The Kier molecular flexibility index (Phi) is 6.80. The van der Waals surface area contributed by atoms with Crippen molar-refractivity contribution in [3.63, 3.8) is 0 Å². The van der Waals surface area contributed by atoms with Gasteiger partial charge in [-0.3, -0.25) is 4.79 Å². The van der Waals surface area contributed by atoms with Gasteiger partial charge in [-0.2, -0.15) is 0 Å². The summed E-state index contributed by atoms with van der Waals surface area (Å²) >= 11 is 0. The Labute approximate surface area is 178 Å². The van der Waals surface area contributed by atoms with E-state index in [4.69, 9.17) is 9.47 Å². The monoisotopic (exact) mass is 432 g/mol. The maximum atomic E-state index is 13.1. The molecule has 1 atom stereocenters. The molecule has 2 aromatic carbocycles. The molecule has 7 nitrogen and oxygen atoms in total. The zero-order valence-electron chi connectivity index (χ0n) is 17.8. The lowest BCUT2D eigenvalue weighted by atomic mass is 10.0. The predicted molar refractivity (Wildman–Crippen MR) is 114 cm³/mol. The molecule has 0 spiro atoms. The molecule has 0 aliphatic carbocycles. The predicted octanol–water partition coefficient (Wildman–Crippen LogP) is 2.82. The van der Waals surface area contributed by atoms with Gasteiger partial charge in [0.2, 0.25) is 10.0 Å². The average molecular weight is 433 g/mol. The topological polar surface area (TPSA) is 84.9 Å². The van der Waals surface area contributed by atoms with E-state index in [1.807, 2.05) is 39.0 Å². The molecule has 3 rings (SSSR count). The molecule has 1 unspecified atom stereocenters. The van der Waals surface area contributed by atoms with Crippen LogP contribution in [0.15, 0.2) is 41.3 Å². The molecule has 0 radical (unpaired) electrons. The zero-order chi connectivity index (χ0) is 21.9. The Balaban J connectivity index is 1.90. The number of methoxy groups -OCH3 is 1. The summed E-state index contributed by atoms with van der Waals surface area (Å²) in [6.45, 7) is 7.57. The lowest BCUT2D eigenvalue weighted by Crippen LogP contribution is -2.40. The number of nitrogens with zero attached hydrogens (tertiary/aromatic N) is 1. The van der Waals surface area contributed by atoms with Crippen LogP contribution < -0.4 is 9.46 Å². The van der Waals surface area contributed by atoms with Crippen LogP contribution in [0.3, 0.4) is 0 Å². The molecule has 1 aliphatic rings.